The first-order valence-corrected chi connectivity index (χ1v) is 13.7. The van der Waals surface area contributed by atoms with Gasteiger partial charge >= 0.3 is 5.97 Å². The van der Waals surface area contributed by atoms with Gasteiger partial charge in [-0.1, -0.05) is 66.7 Å². The second-order valence-electron chi connectivity index (χ2n) is 10.1. The fraction of sp³-hybridized carbons (Fsp3) is 0.219. The van der Waals surface area contributed by atoms with Gasteiger partial charge in [0.1, 0.15) is 12.4 Å². The molecule has 1 amide bonds. The van der Waals surface area contributed by atoms with Gasteiger partial charge in [-0.05, 0) is 36.2 Å². The molecule has 2 aromatic heterocycles. The van der Waals surface area contributed by atoms with Crippen molar-refractivity contribution in [3.8, 4) is 0 Å². The van der Waals surface area contributed by atoms with Crippen LogP contribution in [0.15, 0.2) is 104 Å². The van der Waals surface area contributed by atoms with E-state index in [1.54, 1.807) is 54.9 Å². The van der Waals surface area contributed by atoms with E-state index in [0.29, 0.717) is 28.7 Å². The Morgan fingerprint density at radius 2 is 1.55 bits per heavy atom. The Morgan fingerprint density at radius 1 is 0.881 bits per heavy atom. The van der Waals surface area contributed by atoms with Crippen molar-refractivity contribution in [2.75, 3.05) is 11.9 Å². The molecule has 0 radical (unpaired) electrons. The van der Waals surface area contributed by atoms with Crippen molar-refractivity contribution in [3.05, 3.63) is 120 Å². The summed E-state index contributed by atoms with van der Waals surface area (Å²) in [4.78, 5) is 38.7. The van der Waals surface area contributed by atoms with E-state index >= 15 is 0 Å². The summed E-state index contributed by atoms with van der Waals surface area (Å²) in [7, 11) is 0. The van der Waals surface area contributed by atoms with Gasteiger partial charge in [-0.25, -0.2) is 19.7 Å². The van der Waals surface area contributed by atoms with E-state index < -0.39 is 18.2 Å². The number of esters is 1. The third-order valence-electron chi connectivity index (χ3n) is 7.45. The summed E-state index contributed by atoms with van der Waals surface area (Å²) in [6.45, 7) is 0.312. The van der Waals surface area contributed by atoms with Crippen molar-refractivity contribution in [2.24, 2.45) is 5.92 Å². The third kappa shape index (κ3) is 5.76. The van der Waals surface area contributed by atoms with Crippen LogP contribution in [0.2, 0.25) is 0 Å². The quantitative estimate of drug-likeness (QED) is 0.252. The summed E-state index contributed by atoms with van der Waals surface area (Å²) in [5, 5.41) is 14.2. The molecule has 10 heteroatoms. The molecule has 4 atom stereocenters. The molecule has 2 N–H and O–H groups in total. The predicted molar refractivity (Wildman–Crippen MR) is 155 cm³/mol. The van der Waals surface area contributed by atoms with Gasteiger partial charge in [0, 0.05) is 11.5 Å². The van der Waals surface area contributed by atoms with Crippen LogP contribution in [0.25, 0.3) is 11.2 Å². The zero-order chi connectivity index (χ0) is 28.9. The fourth-order valence-electron chi connectivity index (χ4n) is 5.29. The van der Waals surface area contributed by atoms with E-state index in [2.05, 4.69) is 20.3 Å². The molecule has 1 fully saturated rings. The molecule has 2 heterocycles. The van der Waals surface area contributed by atoms with Crippen LogP contribution in [0.1, 0.15) is 38.7 Å². The summed E-state index contributed by atoms with van der Waals surface area (Å²) in [6, 6.07) is 26.9. The first-order valence-electron chi connectivity index (χ1n) is 13.7. The number of imidazole rings is 1. The number of fused-ring (bicyclic) bond motifs is 1. The van der Waals surface area contributed by atoms with Crippen LogP contribution in [-0.2, 0) is 16.1 Å². The minimum absolute atomic E-state index is 0.0244. The first kappa shape index (κ1) is 27.3. The highest BCUT2D eigenvalue weighted by atomic mass is 16.5. The van der Waals surface area contributed by atoms with E-state index in [0.717, 1.165) is 5.56 Å². The topological polar surface area (TPSA) is 128 Å². The lowest BCUT2D eigenvalue weighted by atomic mass is 10.1. The van der Waals surface area contributed by atoms with E-state index in [4.69, 9.17) is 9.47 Å². The Balaban J connectivity index is 1.25. The maximum Gasteiger partial charge on any atom is 0.338 e. The molecule has 6 rings (SSSR count). The summed E-state index contributed by atoms with van der Waals surface area (Å²) < 4.78 is 13.7. The first-order chi connectivity index (χ1) is 20.6. The molecule has 42 heavy (non-hydrogen) atoms. The Morgan fingerprint density at radius 3 is 2.26 bits per heavy atom. The fourth-order valence-corrected chi connectivity index (χ4v) is 5.29. The smallest absolute Gasteiger partial charge is 0.338 e. The van der Waals surface area contributed by atoms with Gasteiger partial charge in [-0.2, -0.15) is 0 Å². The predicted octanol–water partition coefficient (Wildman–Crippen LogP) is 4.44. The van der Waals surface area contributed by atoms with Gasteiger partial charge in [0.2, 0.25) is 0 Å². The summed E-state index contributed by atoms with van der Waals surface area (Å²) in [5.41, 5.74) is 2.80. The lowest BCUT2D eigenvalue weighted by Crippen LogP contribution is -2.33. The van der Waals surface area contributed by atoms with E-state index in [-0.39, 0.29) is 36.9 Å². The van der Waals surface area contributed by atoms with Crippen molar-refractivity contribution >= 4 is 28.9 Å². The largest absolute Gasteiger partial charge is 0.462 e. The number of carbonyl (C=O) groups excluding carboxylic acids is 2. The average molecular weight is 564 g/mol. The third-order valence-corrected chi connectivity index (χ3v) is 7.45. The Labute approximate surface area is 242 Å². The molecule has 212 valence electrons. The zero-order valence-corrected chi connectivity index (χ0v) is 22.6. The highest BCUT2D eigenvalue weighted by Gasteiger charge is 2.45. The van der Waals surface area contributed by atoms with Crippen LogP contribution < -0.4 is 5.32 Å². The summed E-state index contributed by atoms with van der Waals surface area (Å²) in [6.07, 6.45) is 1.88. The van der Waals surface area contributed by atoms with Crippen LogP contribution in [0, 0.1) is 5.92 Å². The molecular formula is C32H29N5O5. The number of hydrogen-bond acceptors (Lipinski definition) is 8. The molecule has 3 aromatic carbocycles. The van der Waals surface area contributed by atoms with Gasteiger partial charge in [-0.3, -0.25) is 4.79 Å². The summed E-state index contributed by atoms with van der Waals surface area (Å²) in [5.74, 6) is -0.875. The molecule has 0 saturated heterocycles. The van der Waals surface area contributed by atoms with E-state index in [1.165, 1.54) is 6.33 Å². The highest BCUT2D eigenvalue weighted by molar-refractivity contribution is 6.06. The SMILES string of the molecule is O=C(Nc1ncnc2c1ncn2[C@@H]1C[C@H](COC(=O)c2ccccc2)[C@@H](O)[C@H]1OCc1ccccc1)c1ccccc1. The van der Waals surface area contributed by atoms with E-state index in [9.17, 15) is 14.7 Å². The number of amides is 1. The van der Waals surface area contributed by atoms with Crippen molar-refractivity contribution in [2.45, 2.75) is 31.3 Å². The Bertz CT molecular complexity index is 1660. The number of aliphatic hydroxyl groups is 1. The Kier molecular flexibility index (Phi) is 7.98. The van der Waals surface area contributed by atoms with Crippen LogP contribution in [0.3, 0.4) is 0 Å². The minimum atomic E-state index is -0.918. The molecule has 0 spiro atoms. The molecule has 1 saturated carbocycles. The Hall–Kier alpha value is -4.93. The van der Waals surface area contributed by atoms with Gasteiger partial charge in [-0.15, -0.1) is 0 Å². The molecule has 0 bridgehead atoms. The monoisotopic (exact) mass is 563 g/mol. The lowest BCUT2D eigenvalue weighted by Gasteiger charge is -2.24. The normalized spacial score (nSPS) is 19.9. The molecule has 0 unspecified atom stereocenters. The molecule has 1 aliphatic carbocycles. The second kappa shape index (κ2) is 12.3. The van der Waals surface area contributed by atoms with Gasteiger partial charge in [0.25, 0.3) is 5.91 Å². The molecule has 1 aliphatic rings. The number of aliphatic hydroxyl groups excluding tert-OH is 1. The highest BCUT2D eigenvalue weighted by Crippen LogP contribution is 2.40. The van der Waals surface area contributed by atoms with Gasteiger partial charge in [0.05, 0.1) is 37.3 Å². The minimum Gasteiger partial charge on any atom is -0.462 e. The molecule has 0 aliphatic heterocycles. The number of rotatable bonds is 9. The zero-order valence-electron chi connectivity index (χ0n) is 22.6. The molecule has 10 nitrogen and oxygen atoms in total. The van der Waals surface area contributed by atoms with Crippen molar-refractivity contribution in [1.82, 2.24) is 19.5 Å². The standard InChI is InChI=1S/C32H29N5O5/c38-27-24(18-42-32(40)23-14-8-3-9-15-23)16-25(28(27)41-17-21-10-4-1-5-11-21)37-20-35-26-29(33-19-34-30(26)37)36-31(39)22-12-6-2-7-13-22/h1-15,19-20,24-25,27-28,38H,16-18H2,(H,33,34,36,39)/t24-,25-,27-,28+/m1/s1. The molecular weight excluding hydrogens is 534 g/mol. The number of nitrogens with one attached hydrogen (secondary N) is 1. The van der Waals surface area contributed by atoms with Crippen LogP contribution in [-0.4, -0.2) is 55.3 Å². The van der Waals surface area contributed by atoms with Crippen LogP contribution >= 0.6 is 0 Å². The number of nitrogens with zero attached hydrogens (tertiary/aromatic N) is 4. The maximum atomic E-state index is 12.8. The van der Waals surface area contributed by atoms with Crippen LogP contribution in [0.5, 0.6) is 0 Å². The second-order valence-corrected chi connectivity index (χ2v) is 10.1. The van der Waals surface area contributed by atoms with Gasteiger partial charge in [0.15, 0.2) is 17.0 Å². The molecule has 5 aromatic rings. The summed E-state index contributed by atoms with van der Waals surface area (Å²) >= 11 is 0. The number of ether oxygens (including phenoxy) is 2. The maximum absolute atomic E-state index is 12.8. The number of aromatic nitrogens is 4. The number of carbonyl (C=O) groups is 2. The number of hydrogen-bond donors (Lipinski definition) is 2. The number of anilines is 1. The van der Waals surface area contributed by atoms with Gasteiger partial charge < -0.3 is 24.5 Å². The average Bonchev–Trinajstić information content (AvgIpc) is 3.61. The van der Waals surface area contributed by atoms with E-state index in [1.807, 2.05) is 47.0 Å². The lowest BCUT2D eigenvalue weighted by molar-refractivity contribution is -0.0607. The van der Waals surface area contributed by atoms with Crippen molar-refractivity contribution in [3.63, 3.8) is 0 Å². The van der Waals surface area contributed by atoms with Crippen molar-refractivity contribution in [1.29, 1.82) is 0 Å². The number of benzene rings is 3. The van der Waals surface area contributed by atoms with Crippen molar-refractivity contribution < 1.29 is 24.2 Å². The van der Waals surface area contributed by atoms with Crippen LogP contribution in [0.4, 0.5) is 5.82 Å².